The van der Waals surface area contributed by atoms with E-state index in [1.165, 1.54) is 5.56 Å². The normalized spacial score (nSPS) is 10.7. The summed E-state index contributed by atoms with van der Waals surface area (Å²) in [5, 5.41) is 7.31. The van der Waals surface area contributed by atoms with Crippen LogP contribution in [0.3, 0.4) is 0 Å². The molecule has 0 aliphatic heterocycles. The molecule has 0 saturated heterocycles. The molecule has 0 aliphatic rings. The van der Waals surface area contributed by atoms with Gasteiger partial charge in [0.15, 0.2) is 0 Å². The first kappa shape index (κ1) is 15.9. The molecule has 0 aliphatic carbocycles. The lowest BCUT2D eigenvalue weighted by Crippen LogP contribution is -1.96. The molecule has 1 N–H and O–H groups in total. The van der Waals surface area contributed by atoms with Gasteiger partial charge in [-0.25, -0.2) is 5.26 Å². The van der Waals surface area contributed by atoms with Gasteiger partial charge in [-0.2, -0.15) is 8.42 Å². The van der Waals surface area contributed by atoms with Crippen LogP contribution in [0.15, 0.2) is 24.3 Å². The van der Waals surface area contributed by atoms with Gasteiger partial charge in [0.2, 0.25) is 0 Å². The second kappa shape index (κ2) is 7.26. The average Bonchev–Trinajstić information content (AvgIpc) is 2.29. The quantitative estimate of drug-likeness (QED) is 0.668. The van der Waals surface area contributed by atoms with Crippen LogP contribution in [0.1, 0.15) is 25.3 Å². The second-order valence-electron chi connectivity index (χ2n) is 3.71. The summed E-state index contributed by atoms with van der Waals surface area (Å²) in [6.45, 7) is 4.36. The first-order valence-electron chi connectivity index (χ1n) is 4.97. The molecule has 1 rings (SSSR count). The molecule has 0 unspecified atom stereocenters. The first-order chi connectivity index (χ1) is 7.80. The number of methoxy groups -OCH3 is 1. The Hall–Kier alpha value is -1.11. The maximum absolute atomic E-state index is 9.53. The molecule has 98 valence electrons. The maximum atomic E-state index is 9.53. The van der Waals surface area contributed by atoms with Crippen molar-refractivity contribution in [3.05, 3.63) is 29.8 Å². The van der Waals surface area contributed by atoms with Crippen LogP contribution in [0.4, 0.5) is 0 Å². The molecule has 17 heavy (non-hydrogen) atoms. The molecule has 0 fully saturated rings. The van der Waals surface area contributed by atoms with E-state index in [0.29, 0.717) is 5.92 Å². The minimum Gasteiger partial charge on any atom is -0.497 e. The summed E-state index contributed by atoms with van der Waals surface area (Å²) in [4.78, 5) is 0. The molecule has 0 heterocycles. The molecule has 0 bridgehead atoms. The van der Waals surface area contributed by atoms with Crippen molar-refractivity contribution >= 4 is 10.1 Å². The molecule has 5 nitrogen and oxygen atoms in total. The van der Waals surface area contributed by atoms with E-state index in [2.05, 4.69) is 30.3 Å². The largest absolute Gasteiger partial charge is 0.497 e. The van der Waals surface area contributed by atoms with Gasteiger partial charge in [-0.15, -0.1) is 4.33 Å². The highest BCUT2D eigenvalue weighted by Crippen LogP contribution is 2.17. The van der Waals surface area contributed by atoms with Crippen LogP contribution in [0.5, 0.6) is 5.75 Å². The minimum absolute atomic E-state index is 0.598. The summed E-state index contributed by atoms with van der Waals surface area (Å²) in [7, 11) is -1.92. The van der Waals surface area contributed by atoms with Gasteiger partial charge >= 0.3 is 0 Å². The van der Waals surface area contributed by atoms with Crippen molar-refractivity contribution in [2.24, 2.45) is 0 Å². The van der Waals surface area contributed by atoms with Gasteiger partial charge in [0.1, 0.15) is 5.75 Å². The fourth-order valence-electron chi connectivity index (χ4n) is 0.989. The highest BCUT2D eigenvalue weighted by molar-refractivity contribution is 7.85. The first-order valence-corrected chi connectivity index (χ1v) is 6.78. The van der Waals surface area contributed by atoms with Gasteiger partial charge in [0.05, 0.1) is 13.4 Å². The second-order valence-corrected chi connectivity index (χ2v) is 5.26. The van der Waals surface area contributed by atoms with E-state index in [-0.39, 0.29) is 0 Å². The van der Waals surface area contributed by atoms with Crippen LogP contribution in [-0.2, 0) is 14.5 Å². The maximum Gasteiger partial charge on any atom is 0.290 e. The van der Waals surface area contributed by atoms with Gasteiger partial charge in [-0.1, -0.05) is 26.0 Å². The van der Waals surface area contributed by atoms with E-state index in [4.69, 9.17) is 9.99 Å². The fourth-order valence-corrected chi connectivity index (χ4v) is 0.989. The van der Waals surface area contributed by atoms with Gasteiger partial charge < -0.3 is 4.74 Å². The Morgan fingerprint density at radius 1 is 1.18 bits per heavy atom. The SMILES string of the molecule is COc1ccc(C(C)C)cc1.CS(=O)(=O)OO. The van der Waals surface area contributed by atoms with Crippen LogP contribution in [-0.4, -0.2) is 27.0 Å². The van der Waals surface area contributed by atoms with E-state index in [1.807, 2.05) is 12.1 Å². The Bertz CT molecular complexity index is 408. The minimum atomic E-state index is -3.61. The molecule has 0 atom stereocenters. The van der Waals surface area contributed by atoms with Gasteiger partial charge in [0, 0.05) is 0 Å². The predicted octanol–water partition coefficient (Wildman–Crippen LogP) is 2.25. The zero-order valence-electron chi connectivity index (χ0n) is 10.4. The zero-order chi connectivity index (χ0) is 13.5. The van der Waals surface area contributed by atoms with Crippen molar-refractivity contribution in [1.82, 2.24) is 0 Å². The summed E-state index contributed by atoms with van der Waals surface area (Å²) in [5.41, 5.74) is 1.35. The Labute approximate surface area is 102 Å². The molecule has 0 amide bonds. The van der Waals surface area contributed by atoms with Crippen LogP contribution in [0.25, 0.3) is 0 Å². The molecule has 1 aromatic rings. The Kier molecular flexibility index (Phi) is 6.79. The highest BCUT2D eigenvalue weighted by Gasteiger charge is 1.97. The monoisotopic (exact) mass is 262 g/mol. The Morgan fingerprint density at radius 3 is 1.82 bits per heavy atom. The topological polar surface area (TPSA) is 72.8 Å². The highest BCUT2D eigenvalue weighted by atomic mass is 32.2. The number of benzene rings is 1. The summed E-state index contributed by atoms with van der Waals surface area (Å²) >= 11 is 0. The van der Waals surface area contributed by atoms with Gasteiger partial charge in [-0.05, 0) is 23.6 Å². The van der Waals surface area contributed by atoms with E-state index < -0.39 is 10.1 Å². The standard InChI is InChI=1S/C10H14O.CH4O4S/c1-8(2)9-4-6-10(11-3)7-5-9;1-6(3,4)5-2/h4-8H,1-3H3;2H,1H3. The van der Waals surface area contributed by atoms with Gasteiger partial charge in [0.25, 0.3) is 10.1 Å². The zero-order valence-corrected chi connectivity index (χ0v) is 11.2. The lowest BCUT2D eigenvalue weighted by molar-refractivity contribution is -0.129. The van der Waals surface area contributed by atoms with E-state index in [9.17, 15) is 8.42 Å². The van der Waals surface area contributed by atoms with Crippen molar-refractivity contribution in [2.75, 3.05) is 13.4 Å². The van der Waals surface area contributed by atoms with Crippen molar-refractivity contribution < 1.29 is 22.7 Å². The predicted molar refractivity (Wildman–Crippen MR) is 65.6 cm³/mol. The Balaban J connectivity index is 0.000000366. The third-order valence-electron chi connectivity index (χ3n) is 1.92. The van der Waals surface area contributed by atoms with Crippen LogP contribution in [0.2, 0.25) is 0 Å². The Morgan fingerprint density at radius 2 is 1.59 bits per heavy atom. The fraction of sp³-hybridized carbons (Fsp3) is 0.455. The number of rotatable bonds is 3. The van der Waals surface area contributed by atoms with Crippen molar-refractivity contribution in [1.29, 1.82) is 0 Å². The molecule has 6 heteroatoms. The third kappa shape index (κ3) is 7.73. The smallest absolute Gasteiger partial charge is 0.290 e. The number of hydrogen-bond acceptors (Lipinski definition) is 5. The summed E-state index contributed by atoms with van der Waals surface area (Å²) in [6, 6.07) is 8.19. The van der Waals surface area contributed by atoms with Crippen molar-refractivity contribution in [3.8, 4) is 5.75 Å². The molecular formula is C11H18O5S. The molecule has 1 aromatic carbocycles. The van der Waals surface area contributed by atoms with Crippen molar-refractivity contribution in [3.63, 3.8) is 0 Å². The molecule has 0 radical (unpaired) electrons. The van der Waals surface area contributed by atoms with E-state index in [1.54, 1.807) is 7.11 Å². The van der Waals surface area contributed by atoms with Crippen molar-refractivity contribution in [2.45, 2.75) is 19.8 Å². The molecular weight excluding hydrogens is 244 g/mol. The number of hydrogen-bond donors (Lipinski definition) is 1. The third-order valence-corrected chi connectivity index (χ3v) is 2.19. The molecule has 0 aromatic heterocycles. The van der Waals surface area contributed by atoms with Crippen LogP contribution in [0, 0.1) is 0 Å². The lowest BCUT2D eigenvalue weighted by Gasteiger charge is -2.05. The van der Waals surface area contributed by atoms with Crippen LogP contribution >= 0.6 is 0 Å². The summed E-state index contributed by atoms with van der Waals surface area (Å²) in [5.74, 6) is 1.52. The van der Waals surface area contributed by atoms with Crippen LogP contribution < -0.4 is 4.74 Å². The van der Waals surface area contributed by atoms with E-state index >= 15 is 0 Å². The van der Waals surface area contributed by atoms with Gasteiger partial charge in [-0.3, -0.25) is 0 Å². The number of ether oxygens (including phenoxy) is 1. The van der Waals surface area contributed by atoms with E-state index in [0.717, 1.165) is 12.0 Å². The molecule has 0 spiro atoms. The lowest BCUT2D eigenvalue weighted by atomic mass is 10.0. The average molecular weight is 262 g/mol. The summed E-state index contributed by atoms with van der Waals surface area (Å²) < 4.78 is 27.0. The summed E-state index contributed by atoms with van der Waals surface area (Å²) in [6.07, 6.45) is 0.743. The molecule has 0 saturated carbocycles.